The second kappa shape index (κ2) is 5.51. The van der Waals surface area contributed by atoms with E-state index in [9.17, 15) is 9.59 Å². The van der Waals surface area contributed by atoms with Crippen molar-refractivity contribution in [1.82, 2.24) is 4.90 Å². The number of likely N-dealkylation sites (N-methyl/N-ethyl adjacent to an activating group) is 1. The minimum absolute atomic E-state index is 0.0278. The van der Waals surface area contributed by atoms with E-state index in [1.807, 2.05) is 13.8 Å². The van der Waals surface area contributed by atoms with Gasteiger partial charge in [0.15, 0.2) is 5.78 Å². The summed E-state index contributed by atoms with van der Waals surface area (Å²) in [4.78, 5) is 23.8. The smallest absolute Gasteiger partial charge is 0.246 e. The number of hydrogen-bond acceptors (Lipinski definition) is 2. The van der Waals surface area contributed by atoms with Gasteiger partial charge in [-0.3, -0.25) is 9.59 Å². The summed E-state index contributed by atoms with van der Waals surface area (Å²) in [6.45, 7) is 7.36. The Balaban J connectivity index is 4.05. The average Bonchev–Trinajstić information content (AvgIpc) is 2.14. The number of Topliss-reactive ketones (excluding diaryl/α,β-unsaturated/α-hetero) is 1. The van der Waals surface area contributed by atoms with Crippen molar-refractivity contribution in [2.75, 3.05) is 13.6 Å². The lowest BCUT2D eigenvalue weighted by Crippen LogP contribution is -2.33. The number of nitrogens with zero attached hydrogens (tertiary/aromatic N) is 1. The summed E-state index contributed by atoms with van der Waals surface area (Å²) in [6, 6.07) is 0. The van der Waals surface area contributed by atoms with Gasteiger partial charge in [0.1, 0.15) is 0 Å². The number of carbonyl (C=O) groups excluding carboxylic acids is 2. The molecule has 3 heteroatoms. The van der Waals surface area contributed by atoms with Gasteiger partial charge in [0.05, 0.1) is 6.54 Å². The van der Waals surface area contributed by atoms with Crippen LogP contribution in [-0.4, -0.2) is 30.2 Å². The van der Waals surface area contributed by atoms with Crippen LogP contribution in [0.15, 0.2) is 12.7 Å². The number of rotatable bonds is 5. The SMILES string of the molecule is C=CC(=O)N(C)CC(=O)C(C)CC. The van der Waals surface area contributed by atoms with Crippen LogP contribution in [0.3, 0.4) is 0 Å². The second-order valence-corrected chi connectivity index (χ2v) is 3.17. The molecule has 0 aliphatic rings. The Labute approximate surface area is 79.4 Å². The van der Waals surface area contributed by atoms with Crippen molar-refractivity contribution in [2.45, 2.75) is 20.3 Å². The van der Waals surface area contributed by atoms with Crippen molar-refractivity contribution in [3.05, 3.63) is 12.7 Å². The van der Waals surface area contributed by atoms with E-state index in [2.05, 4.69) is 6.58 Å². The standard InChI is InChI=1S/C10H17NO2/c1-5-8(3)9(12)7-11(4)10(13)6-2/h6,8H,2,5,7H2,1,3-4H3. The van der Waals surface area contributed by atoms with Crippen molar-refractivity contribution in [1.29, 1.82) is 0 Å². The van der Waals surface area contributed by atoms with Crippen molar-refractivity contribution >= 4 is 11.7 Å². The van der Waals surface area contributed by atoms with E-state index in [1.165, 1.54) is 11.0 Å². The molecule has 13 heavy (non-hydrogen) atoms. The Kier molecular flexibility index (Phi) is 5.04. The van der Waals surface area contributed by atoms with Crippen molar-refractivity contribution in [3.63, 3.8) is 0 Å². The summed E-state index contributed by atoms with van der Waals surface area (Å²) < 4.78 is 0. The third-order valence-corrected chi connectivity index (χ3v) is 2.11. The maximum atomic E-state index is 11.4. The van der Waals surface area contributed by atoms with Gasteiger partial charge in [0, 0.05) is 13.0 Å². The molecule has 0 heterocycles. The molecule has 1 atom stereocenters. The van der Waals surface area contributed by atoms with Gasteiger partial charge < -0.3 is 4.90 Å². The van der Waals surface area contributed by atoms with Crippen LogP contribution in [0.2, 0.25) is 0 Å². The average molecular weight is 183 g/mol. The number of amides is 1. The van der Waals surface area contributed by atoms with Gasteiger partial charge in [-0.25, -0.2) is 0 Å². The quantitative estimate of drug-likeness (QED) is 0.601. The Morgan fingerprint density at radius 3 is 2.46 bits per heavy atom. The van der Waals surface area contributed by atoms with Crippen LogP contribution in [-0.2, 0) is 9.59 Å². The molecule has 0 N–H and O–H groups in total. The predicted octanol–water partition coefficient (Wildman–Crippen LogP) is 1.25. The fourth-order valence-corrected chi connectivity index (χ4v) is 0.851. The maximum absolute atomic E-state index is 11.4. The Morgan fingerprint density at radius 1 is 1.54 bits per heavy atom. The summed E-state index contributed by atoms with van der Waals surface area (Å²) in [5.41, 5.74) is 0. The highest BCUT2D eigenvalue weighted by molar-refractivity contribution is 5.91. The molecule has 0 aromatic heterocycles. The predicted molar refractivity (Wildman–Crippen MR) is 52.3 cm³/mol. The topological polar surface area (TPSA) is 37.4 Å². The van der Waals surface area contributed by atoms with Gasteiger partial charge in [-0.05, 0) is 12.5 Å². The van der Waals surface area contributed by atoms with E-state index in [-0.39, 0.29) is 24.2 Å². The molecule has 0 aliphatic carbocycles. The van der Waals surface area contributed by atoms with Gasteiger partial charge in [-0.2, -0.15) is 0 Å². The molecule has 0 fully saturated rings. The normalized spacial score (nSPS) is 11.9. The van der Waals surface area contributed by atoms with E-state index in [0.717, 1.165) is 6.42 Å². The molecule has 1 amide bonds. The van der Waals surface area contributed by atoms with E-state index in [4.69, 9.17) is 0 Å². The molecule has 0 rings (SSSR count). The second-order valence-electron chi connectivity index (χ2n) is 3.17. The first kappa shape index (κ1) is 11.9. The zero-order chi connectivity index (χ0) is 10.4. The molecular weight excluding hydrogens is 166 g/mol. The number of hydrogen-bond donors (Lipinski definition) is 0. The van der Waals surface area contributed by atoms with Crippen LogP contribution >= 0.6 is 0 Å². The van der Waals surface area contributed by atoms with Crippen molar-refractivity contribution in [3.8, 4) is 0 Å². The first-order valence-corrected chi connectivity index (χ1v) is 4.43. The minimum Gasteiger partial charge on any atom is -0.335 e. The number of ketones is 1. The van der Waals surface area contributed by atoms with Crippen LogP contribution in [0.5, 0.6) is 0 Å². The number of carbonyl (C=O) groups is 2. The van der Waals surface area contributed by atoms with E-state index < -0.39 is 0 Å². The molecule has 0 radical (unpaired) electrons. The van der Waals surface area contributed by atoms with Gasteiger partial charge >= 0.3 is 0 Å². The molecule has 0 aliphatic heterocycles. The molecule has 0 aromatic rings. The van der Waals surface area contributed by atoms with Crippen molar-refractivity contribution in [2.24, 2.45) is 5.92 Å². The summed E-state index contributed by atoms with van der Waals surface area (Å²) in [5.74, 6) is -0.0862. The van der Waals surface area contributed by atoms with E-state index in [1.54, 1.807) is 7.05 Å². The molecule has 1 unspecified atom stereocenters. The van der Waals surface area contributed by atoms with Crippen LogP contribution in [0.4, 0.5) is 0 Å². The Bertz CT molecular complexity index is 211. The van der Waals surface area contributed by atoms with Gasteiger partial charge in [0.2, 0.25) is 5.91 Å². The van der Waals surface area contributed by atoms with Gasteiger partial charge in [-0.15, -0.1) is 0 Å². The molecule has 0 bridgehead atoms. The first-order chi connectivity index (χ1) is 6.02. The lowest BCUT2D eigenvalue weighted by molar-refractivity contribution is -0.131. The summed E-state index contributed by atoms with van der Waals surface area (Å²) in [7, 11) is 1.60. The van der Waals surface area contributed by atoms with Gasteiger partial charge in [-0.1, -0.05) is 20.4 Å². The van der Waals surface area contributed by atoms with E-state index >= 15 is 0 Å². The van der Waals surface area contributed by atoms with Crippen LogP contribution in [0, 0.1) is 5.92 Å². The first-order valence-electron chi connectivity index (χ1n) is 4.43. The van der Waals surface area contributed by atoms with Crippen LogP contribution in [0.1, 0.15) is 20.3 Å². The zero-order valence-electron chi connectivity index (χ0n) is 8.54. The highest BCUT2D eigenvalue weighted by Gasteiger charge is 2.14. The largest absolute Gasteiger partial charge is 0.335 e. The summed E-state index contributed by atoms with van der Waals surface area (Å²) in [6.07, 6.45) is 2.03. The van der Waals surface area contributed by atoms with Gasteiger partial charge in [0.25, 0.3) is 0 Å². The highest BCUT2D eigenvalue weighted by atomic mass is 16.2. The molecule has 3 nitrogen and oxygen atoms in total. The van der Waals surface area contributed by atoms with Crippen LogP contribution < -0.4 is 0 Å². The fraction of sp³-hybridized carbons (Fsp3) is 0.600. The zero-order valence-corrected chi connectivity index (χ0v) is 8.54. The molecule has 0 aromatic carbocycles. The van der Waals surface area contributed by atoms with E-state index in [0.29, 0.717) is 0 Å². The maximum Gasteiger partial charge on any atom is 0.246 e. The highest BCUT2D eigenvalue weighted by Crippen LogP contribution is 2.03. The molecule has 0 saturated carbocycles. The molecule has 0 saturated heterocycles. The summed E-state index contributed by atoms with van der Waals surface area (Å²) >= 11 is 0. The fourth-order valence-electron chi connectivity index (χ4n) is 0.851. The van der Waals surface area contributed by atoms with Crippen molar-refractivity contribution < 1.29 is 9.59 Å². The summed E-state index contributed by atoms with van der Waals surface area (Å²) in [5, 5.41) is 0. The minimum atomic E-state index is -0.211. The molecule has 74 valence electrons. The third kappa shape index (κ3) is 3.87. The Hall–Kier alpha value is -1.12. The van der Waals surface area contributed by atoms with Crippen LogP contribution in [0.25, 0.3) is 0 Å². The third-order valence-electron chi connectivity index (χ3n) is 2.11. The lowest BCUT2D eigenvalue weighted by Gasteiger charge is -2.16. The molecule has 0 spiro atoms. The molecular formula is C10H17NO2. The lowest BCUT2D eigenvalue weighted by atomic mass is 10.0. The monoisotopic (exact) mass is 183 g/mol. The Morgan fingerprint density at radius 2 is 2.08 bits per heavy atom.